The molecule has 2 N–H and O–H groups in total. The topological polar surface area (TPSA) is 74.6 Å². The normalized spacial score (nSPS) is 9.07. The van der Waals surface area contributed by atoms with Gasteiger partial charge in [0.1, 0.15) is 0 Å². The molecule has 0 aliphatic heterocycles. The summed E-state index contributed by atoms with van der Waals surface area (Å²) in [6.45, 7) is 6.99. The van der Waals surface area contributed by atoms with Gasteiger partial charge in [0.05, 0.1) is 6.42 Å². The van der Waals surface area contributed by atoms with Crippen molar-refractivity contribution >= 4 is 11.9 Å². The van der Waals surface area contributed by atoms with E-state index < -0.39 is 18.4 Å². The first-order chi connectivity index (χ1) is 7.02. The highest BCUT2D eigenvalue weighted by Crippen LogP contribution is 2.17. The molecular weight excluding hydrogens is 196 g/mol. The zero-order chi connectivity index (χ0) is 11.8. The lowest BCUT2D eigenvalue weighted by Crippen LogP contribution is -2.09. The van der Waals surface area contributed by atoms with Gasteiger partial charge in [0.15, 0.2) is 0 Å². The van der Waals surface area contributed by atoms with E-state index >= 15 is 0 Å². The van der Waals surface area contributed by atoms with Crippen molar-refractivity contribution in [2.75, 3.05) is 0 Å². The molecule has 0 amide bonds. The Labute approximate surface area is 88.2 Å². The number of carboxylic acids is 2. The van der Waals surface area contributed by atoms with Crippen LogP contribution in [0.15, 0.2) is 36.5 Å². The molecule has 0 bridgehead atoms. The average Bonchev–Trinajstić information content (AvgIpc) is 2.13. The summed E-state index contributed by atoms with van der Waals surface area (Å²) in [6, 6.07) is 0. The summed E-state index contributed by atoms with van der Waals surface area (Å²) in [5, 5.41) is 17.4. The maximum Gasteiger partial charge on any atom is 0.332 e. The van der Waals surface area contributed by atoms with E-state index in [2.05, 4.69) is 13.2 Å². The standard InChI is InChI=1S/C11H14O4/c1-3-5-8(6-4-2)9(11(14)15)7-10(12)13/h3-4H,1-2,5-7H2,(H,12,13)(H,14,15). The second kappa shape index (κ2) is 6.59. The van der Waals surface area contributed by atoms with Gasteiger partial charge in [-0.1, -0.05) is 17.7 Å². The highest BCUT2D eigenvalue weighted by atomic mass is 16.4. The second-order valence-electron chi connectivity index (χ2n) is 2.94. The lowest BCUT2D eigenvalue weighted by molar-refractivity contribution is -0.139. The molecule has 0 radical (unpaired) electrons. The van der Waals surface area contributed by atoms with Crippen LogP contribution < -0.4 is 0 Å². The molecule has 4 nitrogen and oxygen atoms in total. The molecule has 0 spiro atoms. The first-order valence-corrected chi connectivity index (χ1v) is 4.40. The van der Waals surface area contributed by atoms with Crippen molar-refractivity contribution in [1.29, 1.82) is 0 Å². The monoisotopic (exact) mass is 210 g/mol. The summed E-state index contributed by atoms with van der Waals surface area (Å²) in [7, 11) is 0. The maximum atomic E-state index is 10.8. The van der Waals surface area contributed by atoms with E-state index in [4.69, 9.17) is 10.2 Å². The number of hydrogen-bond acceptors (Lipinski definition) is 2. The predicted molar refractivity (Wildman–Crippen MR) is 56.5 cm³/mol. The van der Waals surface area contributed by atoms with Gasteiger partial charge in [0.2, 0.25) is 0 Å². The predicted octanol–water partition coefficient (Wildman–Crippen LogP) is 1.99. The van der Waals surface area contributed by atoms with Gasteiger partial charge in [-0.15, -0.1) is 13.2 Å². The number of carbonyl (C=O) groups is 2. The van der Waals surface area contributed by atoms with Gasteiger partial charge in [-0.2, -0.15) is 0 Å². The Morgan fingerprint density at radius 1 is 1.07 bits per heavy atom. The van der Waals surface area contributed by atoms with Crippen molar-refractivity contribution in [3.8, 4) is 0 Å². The number of aliphatic carboxylic acids is 2. The fourth-order valence-corrected chi connectivity index (χ4v) is 1.18. The van der Waals surface area contributed by atoms with Crippen molar-refractivity contribution in [2.24, 2.45) is 0 Å². The Kier molecular flexibility index (Phi) is 5.78. The van der Waals surface area contributed by atoms with Crippen LogP contribution in [0.1, 0.15) is 19.3 Å². The van der Waals surface area contributed by atoms with E-state index in [9.17, 15) is 9.59 Å². The third-order valence-corrected chi connectivity index (χ3v) is 1.79. The molecule has 0 saturated heterocycles. The highest BCUT2D eigenvalue weighted by molar-refractivity contribution is 5.93. The number of carboxylic acid groups (broad SMARTS) is 2. The fraction of sp³-hybridized carbons (Fsp3) is 0.273. The summed E-state index contributed by atoms with van der Waals surface area (Å²) >= 11 is 0. The van der Waals surface area contributed by atoms with Crippen LogP contribution in [0.2, 0.25) is 0 Å². The lowest BCUT2D eigenvalue weighted by Gasteiger charge is -2.07. The molecule has 4 heteroatoms. The van der Waals surface area contributed by atoms with Gasteiger partial charge in [-0.05, 0) is 12.8 Å². The zero-order valence-electron chi connectivity index (χ0n) is 8.40. The van der Waals surface area contributed by atoms with Gasteiger partial charge in [0, 0.05) is 5.57 Å². The first kappa shape index (κ1) is 13.2. The second-order valence-corrected chi connectivity index (χ2v) is 2.94. The molecule has 0 saturated carbocycles. The van der Waals surface area contributed by atoms with E-state index in [0.29, 0.717) is 18.4 Å². The smallest absolute Gasteiger partial charge is 0.332 e. The van der Waals surface area contributed by atoms with Crippen LogP contribution >= 0.6 is 0 Å². The molecule has 0 unspecified atom stereocenters. The molecule has 0 aromatic carbocycles. The van der Waals surface area contributed by atoms with Gasteiger partial charge < -0.3 is 10.2 Å². The van der Waals surface area contributed by atoms with Crippen LogP contribution in [0.5, 0.6) is 0 Å². The summed E-state index contributed by atoms with van der Waals surface area (Å²) in [6.07, 6.45) is 3.33. The third kappa shape index (κ3) is 4.81. The van der Waals surface area contributed by atoms with Crippen LogP contribution in [0.25, 0.3) is 0 Å². The van der Waals surface area contributed by atoms with Crippen LogP contribution in [0, 0.1) is 0 Å². The molecule has 0 fully saturated rings. The van der Waals surface area contributed by atoms with E-state index in [1.165, 1.54) is 0 Å². The molecule has 0 aromatic rings. The minimum absolute atomic E-state index is 0.0812. The van der Waals surface area contributed by atoms with Gasteiger partial charge in [-0.25, -0.2) is 4.79 Å². The van der Waals surface area contributed by atoms with Gasteiger partial charge in [-0.3, -0.25) is 4.79 Å². The van der Waals surface area contributed by atoms with Crippen molar-refractivity contribution in [1.82, 2.24) is 0 Å². The molecule has 0 heterocycles. The van der Waals surface area contributed by atoms with Crippen molar-refractivity contribution in [3.63, 3.8) is 0 Å². The third-order valence-electron chi connectivity index (χ3n) is 1.79. The van der Waals surface area contributed by atoms with E-state index in [-0.39, 0.29) is 5.57 Å². The average molecular weight is 210 g/mol. The van der Waals surface area contributed by atoms with E-state index in [1.54, 1.807) is 12.2 Å². The van der Waals surface area contributed by atoms with Crippen LogP contribution in [0.4, 0.5) is 0 Å². The summed E-state index contributed by atoms with van der Waals surface area (Å²) in [5.74, 6) is -2.35. The molecule has 0 rings (SSSR count). The highest BCUT2D eigenvalue weighted by Gasteiger charge is 2.16. The maximum absolute atomic E-state index is 10.8. The molecule has 0 aromatic heterocycles. The van der Waals surface area contributed by atoms with Crippen molar-refractivity contribution in [3.05, 3.63) is 36.5 Å². The van der Waals surface area contributed by atoms with Crippen LogP contribution in [-0.4, -0.2) is 22.2 Å². The Hall–Kier alpha value is -1.84. The quantitative estimate of drug-likeness (QED) is 0.497. The number of hydrogen-bond donors (Lipinski definition) is 2. The van der Waals surface area contributed by atoms with Crippen LogP contribution in [0.3, 0.4) is 0 Å². The summed E-state index contributed by atoms with van der Waals surface area (Å²) in [5.41, 5.74) is 0.456. The zero-order valence-corrected chi connectivity index (χ0v) is 8.40. The minimum atomic E-state index is -1.20. The van der Waals surface area contributed by atoms with Gasteiger partial charge in [0.25, 0.3) is 0 Å². The van der Waals surface area contributed by atoms with E-state index in [0.717, 1.165) is 0 Å². The molecule has 0 aliphatic carbocycles. The molecule has 0 aliphatic rings. The van der Waals surface area contributed by atoms with Gasteiger partial charge >= 0.3 is 11.9 Å². The Morgan fingerprint density at radius 3 is 1.80 bits per heavy atom. The molecule has 15 heavy (non-hydrogen) atoms. The molecule has 82 valence electrons. The number of rotatable bonds is 7. The van der Waals surface area contributed by atoms with Crippen molar-refractivity contribution in [2.45, 2.75) is 19.3 Å². The Bertz CT molecular complexity index is 301. The fourth-order valence-electron chi connectivity index (χ4n) is 1.18. The first-order valence-electron chi connectivity index (χ1n) is 4.40. The summed E-state index contributed by atoms with van der Waals surface area (Å²) < 4.78 is 0. The number of allylic oxidation sites excluding steroid dienone is 3. The largest absolute Gasteiger partial charge is 0.481 e. The van der Waals surface area contributed by atoms with Crippen LogP contribution in [-0.2, 0) is 9.59 Å². The Balaban J connectivity index is 5.11. The van der Waals surface area contributed by atoms with Crippen molar-refractivity contribution < 1.29 is 19.8 Å². The summed E-state index contributed by atoms with van der Waals surface area (Å²) in [4.78, 5) is 21.3. The van der Waals surface area contributed by atoms with E-state index in [1.807, 2.05) is 0 Å². The molecular formula is C11H14O4. The molecule has 0 atom stereocenters. The Morgan fingerprint density at radius 2 is 1.53 bits per heavy atom. The minimum Gasteiger partial charge on any atom is -0.481 e. The lowest BCUT2D eigenvalue weighted by atomic mass is 9.99. The SMILES string of the molecule is C=CCC(CC=C)=C(CC(=O)O)C(=O)O.